The fourth-order valence-corrected chi connectivity index (χ4v) is 3.34. The molecule has 3 rings (SSSR count). The molecule has 1 saturated heterocycles. The number of ether oxygens (including phenoxy) is 2. The number of aliphatic hydroxyl groups is 3. The molecule has 5 atom stereocenters. The highest BCUT2D eigenvalue weighted by atomic mass is 16.5. The van der Waals surface area contributed by atoms with Crippen LogP contribution in [0.15, 0.2) is 48.5 Å². The van der Waals surface area contributed by atoms with E-state index >= 15 is 0 Å². The Hall–Kier alpha value is -2.43. The van der Waals surface area contributed by atoms with Crippen LogP contribution in [0.25, 0.3) is 0 Å². The molecule has 0 aromatic heterocycles. The lowest BCUT2D eigenvalue weighted by molar-refractivity contribution is -0.223. The summed E-state index contributed by atoms with van der Waals surface area (Å²) in [5.41, 5.74) is 2.82. The first-order valence-corrected chi connectivity index (χ1v) is 8.82. The van der Waals surface area contributed by atoms with Crippen molar-refractivity contribution < 1.29 is 24.8 Å². The first-order chi connectivity index (χ1) is 13.0. The molecule has 3 N–H and O–H groups in total. The van der Waals surface area contributed by atoms with Crippen LogP contribution in [0.3, 0.4) is 0 Å². The van der Waals surface area contributed by atoms with Crippen molar-refractivity contribution in [1.82, 2.24) is 0 Å². The van der Waals surface area contributed by atoms with Crippen molar-refractivity contribution in [2.24, 2.45) is 0 Å². The van der Waals surface area contributed by atoms with Gasteiger partial charge in [0.25, 0.3) is 0 Å². The van der Waals surface area contributed by atoms with Gasteiger partial charge < -0.3 is 24.8 Å². The van der Waals surface area contributed by atoms with Crippen molar-refractivity contribution in [3.05, 3.63) is 65.2 Å². The van der Waals surface area contributed by atoms with Crippen LogP contribution in [0.5, 0.6) is 5.75 Å². The summed E-state index contributed by atoms with van der Waals surface area (Å²) in [6, 6.07) is 17.3. The predicted octanol–water partition coefficient (Wildman–Crippen LogP) is 1.72. The number of nitrogens with zero attached hydrogens (tertiary/aromatic N) is 1. The lowest BCUT2D eigenvalue weighted by Crippen LogP contribution is -2.53. The average Bonchev–Trinajstić information content (AvgIpc) is 2.69. The van der Waals surface area contributed by atoms with Gasteiger partial charge in [0.1, 0.15) is 30.2 Å². The fraction of sp³-hybridized carbons (Fsp3) is 0.381. The molecule has 27 heavy (non-hydrogen) atoms. The van der Waals surface area contributed by atoms with Crippen LogP contribution < -0.4 is 4.74 Å². The Morgan fingerprint density at radius 3 is 2.41 bits per heavy atom. The van der Waals surface area contributed by atoms with Crippen molar-refractivity contribution in [2.45, 2.75) is 43.4 Å². The van der Waals surface area contributed by atoms with Crippen molar-refractivity contribution in [3.63, 3.8) is 0 Å². The van der Waals surface area contributed by atoms with Crippen molar-refractivity contribution in [1.29, 1.82) is 5.26 Å². The number of rotatable bonds is 5. The zero-order valence-corrected chi connectivity index (χ0v) is 15.0. The van der Waals surface area contributed by atoms with E-state index in [0.717, 1.165) is 16.9 Å². The van der Waals surface area contributed by atoms with Gasteiger partial charge >= 0.3 is 0 Å². The minimum absolute atomic E-state index is 0.0625. The second-order valence-corrected chi connectivity index (χ2v) is 6.70. The smallest absolute Gasteiger partial charge is 0.118 e. The lowest BCUT2D eigenvalue weighted by Gasteiger charge is -2.40. The second-order valence-electron chi connectivity index (χ2n) is 6.70. The molecule has 1 fully saturated rings. The van der Waals surface area contributed by atoms with Gasteiger partial charge in [0.05, 0.1) is 25.7 Å². The summed E-state index contributed by atoms with van der Waals surface area (Å²) in [6.07, 6.45) is -4.96. The van der Waals surface area contributed by atoms with Gasteiger partial charge in [0, 0.05) is 0 Å². The van der Waals surface area contributed by atoms with E-state index in [1.165, 1.54) is 0 Å². The summed E-state index contributed by atoms with van der Waals surface area (Å²) in [6.45, 7) is 0. The molecule has 1 aliphatic heterocycles. The van der Waals surface area contributed by atoms with Gasteiger partial charge in [-0.05, 0) is 35.2 Å². The van der Waals surface area contributed by atoms with Crippen LogP contribution in [-0.4, -0.2) is 46.8 Å². The number of benzene rings is 2. The van der Waals surface area contributed by atoms with Gasteiger partial charge in [-0.15, -0.1) is 0 Å². The Morgan fingerprint density at radius 2 is 1.74 bits per heavy atom. The summed E-state index contributed by atoms with van der Waals surface area (Å²) in [7, 11) is 1.62. The highest BCUT2D eigenvalue weighted by Crippen LogP contribution is 2.34. The first kappa shape index (κ1) is 19.3. The molecule has 0 saturated carbocycles. The lowest BCUT2D eigenvalue weighted by atomic mass is 9.89. The highest BCUT2D eigenvalue weighted by Gasteiger charge is 2.44. The van der Waals surface area contributed by atoms with Crippen molar-refractivity contribution >= 4 is 0 Å². The predicted molar refractivity (Wildman–Crippen MR) is 98.1 cm³/mol. The molecule has 2 aromatic rings. The largest absolute Gasteiger partial charge is 0.497 e. The topological polar surface area (TPSA) is 103 Å². The molecule has 0 bridgehead atoms. The molecular formula is C21H23NO5. The van der Waals surface area contributed by atoms with Crippen LogP contribution in [-0.2, 0) is 11.2 Å². The molecule has 6 heteroatoms. The first-order valence-electron chi connectivity index (χ1n) is 8.82. The third kappa shape index (κ3) is 4.29. The number of hydrogen-bond donors (Lipinski definition) is 3. The van der Waals surface area contributed by atoms with Crippen LogP contribution >= 0.6 is 0 Å². The fourth-order valence-electron chi connectivity index (χ4n) is 3.34. The van der Waals surface area contributed by atoms with E-state index in [2.05, 4.69) is 0 Å². The maximum absolute atomic E-state index is 10.4. The normalized spacial score (nSPS) is 27.7. The Kier molecular flexibility index (Phi) is 6.09. The third-order valence-electron chi connectivity index (χ3n) is 4.85. The standard InChI is InChI=1S/C21H23NO5/c1-26-16-7-5-13(6-8-16)11-14-3-2-4-15(12-14)21-20(25)19(24)18(23)17(27-21)9-10-22/h2-8,12,17-21,23-25H,9,11H2,1H3/t17-,18-,19+,20-,21+/m1/s1. The van der Waals surface area contributed by atoms with Crippen LogP contribution in [0.2, 0.25) is 0 Å². The Bertz CT molecular complexity index is 801. The minimum Gasteiger partial charge on any atom is -0.497 e. The molecule has 1 heterocycles. The minimum atomic E-state index is -1.37. The molecule has 6 nitrogen and oxygen atoms in total. The molecule has 0 amide bonds. The number of hydrogen-bond acceptors (Lipinski definition) is 6. The second kappa shape index (κ2) is 8.51. The molecule has 2 aromatic carbocycles. The van der Waals surface area contributed by atoms with Gasteiger partial charge in [-0.1, -0.05) is 36.4 Å². The van der Waals surface area contributed by atoms with Gasteiger partial charge in [0.2, 0.25) is 0 Å². The molecule has 0 unspecified atom stereocenters. The molecule has 142 valence electrons. The molecule has 0 aliphatic carbocycles. The zero-order chi connectivity index (χ0) is 19.4. The van der Waals surface area contributed by atoms with E-state index < -0.39 is 30.5 Å². The maximum Gasteiger partial charge on any atom is 0.118 e. The van der Waals surface area contributed by atoms with E-state index in [4.69, 9.17) is 14.7 Å². The molecule has 0 radical (unpaired) electrons. The molecule has 0 spiro atoms. The highest BCUT2D eigenvalue weighted by molar-refractivity contribution is 5.34. The maximum atomic E-state index is 10.4. The van der Waals surface area contributed by atoms with E-state index in [-0.39, 0.29) is 6.42 Å². The van der Waals surface area contributed by atoms with Crippen molar-refractivity contribution in [2.75, 3.05) is 7.11 Å². The van der Waals surface area contributed by atoms with Gasteiger partial charge in [-0.3, -0.25) is 0 Å². The Labute approximate surface area is 158 Å². The van der Waals surface area contributed by atoms with Gasteiger partial charge in [-0.2, -0.15) is 5.26 Å². The number of methoxy groups -OCH3 is 1. The zero-order valence-electron chi connectivity index (χ0n) is 15.0. The summed E-state index contributed by atoms with van der Waals surface area (Å²) < 4.78 is 10.9. The summed E-state index contributed by atoms with van der Waals surface area (Å²) in [5.74, 6) is 0.794. The number of nitriles is 1. The summed E-state index contributed by atoms with van der Waals surface area (Å²) >= 11 is 0. The number of aliphatic hydroxyl groups excluding tert-OH is 3. The monoisotopic (exact) mass is 369 g/mol. The Balaban J connectivity index is 1.80. The average molecular weight is 369 g/mol. The SMILES string of the molecule is COc1ccc(Cc2cccc([C@@H]3O[C@H](CC#N)[C@@H](O)[C@H](O)[C@H]3O)c2)cc1. The van der Waals surface area contributed by atoms with E-state index in [0.29, 0.717) is 12.0 Å². The van der Waals surface area contributed by atoms with Gasteiger partial charge in [-0.25, -0.2) is 0 Å². The van der Waals surface area contributed by atoms with Gasteiger partial charge in [0.15, 0.2) is 0 Å². The van der Waals surface area contributed by atoms with E-state index in [1.807, 2.05) is 48.5 Å². The van der Waals surface area contributed by atoms with Crippen LogP contribution in [0, 0.1) is 11.3 Å². The quantitative estimate of drug-likeness (QED) is 0.742. The molecule has 1 aliphatic rings. The summed E-state index contributed by atoms with van der Waals surface area (Å²) in [4.78, 5) is 0. The van der Waals surface area contributed by atoms with Crippen molar-refractivity contribution in [3.8, 4) is 11.8 Å². The molecular weight excluding hydrogens is 346 g/mol. The van der Waals surface area contributed by atoms with Crippen LogP contribution in [0.4, 0.5) is 0 Å². The van der Waals surface area contributed by atoms with E-state index in [1.54, 1.807) is 13.2 Å². The summed E-state index contributed by atoms with van der Waals surface area (Å²) in [5, 5.41) is 39.4. The van der Waals surface area contributed by atoms with Crippen LogP contribution in [0.1, 0.15) is 29.2 Å². The third-order valence-corrected chi connectivity index (χ3v) is 4.85. The Morgan fingerprint density at radius 1 is 1.00 bits per heavy atom. The van der Waals surface area contributed by atoms with E-state index in [9.17, 15) is 15.3 Å².